The molecule has 0 radical (unpaired) electrons. The number of likely N-dealkylation sites (N-methyl/N-ethyl adjacent to an activating group) is 1. The number of benzene rings is 2. The summed E-state index contributed by atoms with van der Waals surface area (Å²) in [7, 11) is 1.66. The minimum atomic E-state index is -0.0728. The number of carbonyl (C=O) groups excluding carboxylic acids is 2. The van der Waals surface area contributed by atoms with E-state index in [-0.39, 0.29) is 18.2 Å². The van der Waals surface area contributed by atoms with Crippen molar-refractivity contribution in [3.8, 4) is 0 Å². The molecule has 1 heterocycles. The third kappa shape index (κ3) is 1.35. The zero-order chi connectivity index (χ0) is 12.0. The highest BCUT2D eigenvalue weighted by Gasteiger charge is 2.28. The lowest BCUT2D eigenvalue weighted by Gasteiger charge is -2.24. The van der Waals surface area contributed by atoms with Gasteiger partial charge >= 0.3 is 0 Å². The first-order chi connectivity index (χ1) is 8.18. The second-order valence-electron chi connectivity index (χ2n) is 4.29. The summed E-state index contributed by atoms with van der Waals surface area (Å²) >= 11 is 0. The summed E-state index contributed by atoms with van der Waals surface area (Å²) in [5.41, 5.74) is 1.09. The third-order valence-electron chi connectivity index (χ3n) is 3.17. The molecule has 0 unspecified atom stereocenters. The Labute approximate surface area is 98.6 Å². The van der Waals surface area contributed by atoms with Gasteiger partial charge in [0.05, 0.1) is 12.1 Å². The van der Waals surface area contributed by atoms with Crippen molar-refractivity contribution in [2.45, 2.75) is 0 Å². The van der Waals surface area contributed by atoms with Crippen molar-refractivity contribution < 1.29 is 9.59 Å². The molecule has 0 saturated carbocycles. The van der Waals surface area contributed by atoms with Crippen LogP contribution in [0.1, 0.15) is 20.7 Å². The predicted molar refractivity (Wildman–Crippen MR) is 65.2 cm³/mol. The van der Waals surface area contributed by atoms with Gasteiger partial charge in [-0.3, -0.25) is 9.59 Å². The van der Waals surface area contributed by atoms with Crippen LogP contribution < -0.4 is 0 Å². The number of fused-ring (bicyclic) bond motifs is 3. The molecule has 0 aliphatic carbocycles. The van der Waals surface area contributed by atoms with Gasteiger partial charge in [0.2, 0.25) is 0 Å². The Morgan fingerprint density at radius 3 is 2.65 bits per heavy atom. The smallest absolute Gasteiger partial charge is 0.255 e. The minimum Gasteiger partial charge on any atom is -0.334 e. The monoisotopic (exact) mass is 225 g/mol. The molecule has 3 heteroatoms. The van der Waals surface area contributed by atoms with Crippen molar-refractivity contribution in [2.24, 2.45) is 0 Å². The van der Waals surface area contributed by atoms with Gasteiger partial charge in [-0.05, 0) is 16.8 Å². The van der Waals surface area contributed by atoms with E-state index in [0.717, 1.165) is 10.8 Å². The van der Waals surface area contributed by atoms with E-state index in [2.05, 4.69) is 0 Å². The van der Waals surface area contributed by atoms with Crippen molar-refractivity contribution >= 4 is 22.5 Å². The maximum Gasteiger partial charge on any atom is 0.255 e. The lowest BCUT2D eigenvalue weighted by molar-refractivity contribution is 0.0721. The van der Waals surface area contributed by atoms with Gasteiger partial charge in [0, 0.05) is 12.6 Å². The van der Waals surface area contributed by atoms with Crippen LogP contribution in [-0.2, 0) is 0 Å². The van der Waals surface area contributed by atoms with Crippen LogP contribution in [0.5, 0.6) is 0 Å². The zero-order valence-electron chi connectivity index (χ0n) is 9.43. The highest BCUT2D eigenvalue weighted by molar-refractivity contribution is 6.19. The van der Waals surface area contributed by atoms with E-state index in [1.807, 2.05) is 30.3 Å². The maximum absolute atomic E-state index is 12.1. The minimum absolute atomic E-state index is 0.00727. The molecule has 0 fully saturated rings. The van der Waals surface area contributed by atoms with Gasteiger partial charge < -0.3 is 4.90 Å². The Bertz CT molecular complexity index is 646. The van der Waals surface area contributed by atoms with E-state index in [1.54, 1.807) is 13.1 Å². The molecular formula is C14H11NO2. The zero-order valence-corrected chi connectivity index (χ0v) is 9.43. The highest BCUT2D eigenvalue weighted by atomic mass is 16.2. The Kier molecular flexibility index (Phi) is 2.01. The first-order valence-corrected chi connectivity index (χ1v) is 5.49. The number of carbonyl (C=O) groups is 2. The number of amides is 1. The van der Waals surface area contributed by atoms with Gasteiger partial charge in [-0.15, -0.1) is 0 Å². The predicted octanol–water partition coefficient (Wildman–Crippen LogP) is 2.11. The number of nitrogens with zero attached hydrogens (tertiary/aromatic N) is 1. The second kappa shape index (κ2) is 3.42. The first kappa shape index (κ1) is 10.0. The van der Waals surface area contributed by atoms with Gasteiger partial charge in [-0.2, -0.15) is 0 Å². The fourth-order valence-corrected chi connectivity index (χ4v) is 2.30. The van der Waals surface area contributed by atoms with Gasteiger partial charge in [-0.1, -0.05) is 30.3 Å². The van der Waals surface area contributed by atoms with E-state index in [0.29, 0.717) is 11.1 Å². The fraction of sp³-hybridized carbons (Fsp3) is 0.143. The van der Waals surface area contributed by atoms with Crippen LogP contribution >= 0.6 is 0 Å². The van der Waals surface area contributed by atoms with Crippen LogP contribution in [0.15, 0.2) is 36.4 Å². The molecule has 1 amide bonds. The molecule has 0 aromatic heterocycles. The van der Waals surface area contributed by atoms with E-state index in [1.165, 1.54) is 4.90 Å². The summed E-state index contributed by atoms with van der Waals surface area (Å²) in [5.74, 6) is -0.0655. The summed E-state index contributed by atoms with van der Waals surface area (Å²) in [6, 6.07) is 11.3. The fourth-order valence-electron chi connectivity index (χ4n) is 2.30. The average molecular weight is 225 g/mol. The molecular weight excluding hydrogens is 214 g/mol. The van der Waals surface area contributed by atoms with E-state index >= 15 is 0 Å². The topological polar surface area (TPSA) is 37.4 Å². The van der Waals surface area contributed by atoms with Gasteiger partial charge in [0.1, 0.15) is 0 Å². The molecule has 0 spiro atoms. The maximum atomic E-state index is 12.1. The number of hydrogen-bond acceptors (Lipinski definition) is 2. The van der Waals surface area contributed by atoms with Gasteiger partial charge in [-0.25, -0.2) is 0 Å². The number of rotatable bonds is 0. The number of ketones is 1. The van der Waals surface area contributed by atoms with Gasteiger partial charge in [0.15, 0.2) is 5.78 Å². The molecule has 0 atom stereocenters. The summed E-state index contributed by atoms with van der Waals surface area (Å²) in [6.45, 7) is 0.171. The van der Waals surface area contributed by atoms with Crippen LogP contribution in [0, 0.1) is 0 Å². The quantitative estimate of drug-likeness (QED) is 0.688. The third-order valence-corrected chi connectivity index (χ3v) is 3.17. The second-order valence-corrected chi connectivity index (χ2v) is 4.29. The molecule has 0 saturated heterocycles. The first-order valence-electron chi connectivity index (χ1n) is 5.49. The van der Waals surface area contributed by atoms with Gasteiger partial charge in [0.25, 0.3) is 5.91 Å². The van der Waals surface area contributed by atoms with Crippen LogP contribution in [0.4, 0.5) is 0 Å². The van der Waals surface area contributed by atoms with Crippen LogP contribution in [0.3, 0.4) is 0 Å². The number of hydrogen-bond donors (Lipinski definition) is 0. The lowest BCUT2D eigenvalue weighted by Crippen LogP contribution is -2.38. The molecule has 17 heavy (non-hydrogen) atoms. The summed E-state index contributed by atoms with van der Waals surface area (Å²) in [4.78, 5) is 25.5. The molecule has 0 N–H and O–H groups in total. The Hall–Kier alpha value is -2.16. The standard InChI is InChI=1S/C14H11NO2/c1-15-8-12(16)11-7-6-9-4-2-3-5-10(9)13(11)14(15)17/h2-7H,8H2,1H3. The van der Waals surface area contributed by atoms with E-state index < -0.39 is 0 Å². The molecule has 1 aliphatic heterocycles. The molecule has 84 valence electrons. The van der Waals surface area contributed by atoms with Crippen LogP contribution in [0.2, 0.25) is 0 Å². The Morgan fingerprint density at radius 1 is 1.06 bits per heavy atom. The molecule has 1 aliphatic rings. The largest absolute Gasteiger partial charge is 0.334 e. The van der Waals surface area contributed by atoms with Crippen LogP contribution in [0.25, 0.3) is 10.8 Å². The SMILES string of the molecule is CN1CC(=O)c2ccc3ccccc3c2C1=O. The van der Waals surface area contributed by atoms with E-state index in [9.17, 15) is 9.59 Å². The normalized spacial score (nSPS) is 15.2. The summed E-state index contributed by atoms with van der Waals surface area (Å²) in [6.07, 6.45) is 0. The average Bonchev–Trinajstić information content (AvgIpc) is 2.35. The molecule has 2 aromatic carbocycles. The summed E-state index contributed by atoms with van der Waals surface area (Å²) < 4.78 is 0. The molecule has 3 nitrogen and oxygen atoms in total. The molecule has 3 rings (SSSR count). The van der Waals surface area contributed by atoms with Crippen molar-refractivity contribution in [1.29, 1.82) is 0 Å². The molecule has 2 aromatic rings. The summed E-state index contributed by atoms with van der Waals surface area (Å²) in [5, 5.41) is 1.85. The Balaban J connectivity index is 2.42. The van der Waals surface area contributed by atoms with Crippen LogP contribution in [-0.4, -0.2) is 30.2 Å². The Morgan fingerprint density at radius 2 is 1.82 bits per heavy atom. The van der Waals surface area contributed by atoms with Crippen molar-refractivity contribution in [2.75, 3.05) is 13.6 Å². The lowest BCUT2D eigenvalue weighted by atomic mass is 9.93. The molecule has 0 bridgehead atoms. The van der Waals surface area contributed by atoms with Crippen molar-refractivity contribution in [3.05, 3.63) is 47.5 Å². The van der Waals surface area contributed by atoms with E-state index in [4.69, 9.17) is 0 Å². The highest BCUT2D eigenvalue weighted by Crippen LogP contribution is 2.26. The van der Waals surface area contributed by atoms with Crippen molar-refractivity contribution in [1.82, 2.24) is 4.90 Å². The van der Waals surface area contributed by atoms with Crippen molar-refractivity contribution in [3.63, 3.8) is 0 Å². The number of Topliss-reactive ketones (excluding diaryl/α,β-unsaturated/α-hetero) is 1.